The molecule has 2 atom stereocenters. The third-order valence-electron chi connectivity index (χ3n) is 3.58. The number of thiazole rings is 1. The lowest BCUT2D eigenvalue weighted by Crippen LogP contribution is -2.28. The first-order valence-electron chi connectivity index (χ1n) is 7.21. The molecule has 1 aromatic heterocycles. The van der Waals surface area contributed by atoms with Gasteiger partial charge in [0.25, 0.3) is 5.91 Å². The summed E-state index contributed by atoms with van der Waals surface area (Å²) in [6.45, 7) is 0.731. The number of hydrogen-bond acceptors (Lipinski definition) is 5. The van der Waals surface area contributed by atoms with Crippen molar-refractivity contribution in [3.63, 3.8) is 0 Å². The average Bonchev–Trinajstić information content (AvgIpc) is 3.23. The summed E-state index contributed by atoms with van der Waals surface area (Å²) in [5.41, 5.74) is 0.868. The SMILES string of the molecule is N#C[C@H](NC(=O)c1csc([C@H]2CCCO2)n1)c1ccccc1Cl. The Morgan fingerprint density at radius 2 is 2.35 bits per heavy atom. The largest absolute Gasteiger partial charge is 0.371 e. The summed E-state index contributed by atoms with van der Waals surface area (Å²) in [4.78, 5) is 16.7. The lowest BCUT2D eigenvalue weighted by molar-refractivity contribution is 0.0937. The molecule has 1 saturated heterocycles. The average molecular weight is 348 g/mol. The summed E-state index contributed by atoms with van der Waals surface area (Å²) in [6, 6.07) is 8.19. The van der Waals surface area contributed by atoms with Gasteiger partial charge >= 0.3 is 0 Å². The summed E-state index contributed by atoms with van der Waals surface area (Å²) < 4.78 is 5.57. The first-order chi connectivity index (χ1) is 11.2. The Morgan fingerprint density at radius 1 is 1.52 bits per heavy atom. The van der Waals surface area contributed by atoms with Crippen molar-refractivity contribution in [3.05, 3.63) is 50.9 Å². The van der Waals surface area contributed by atoms with Gasteiger partial charge in [-0.3, -0.25) is 4.79 Å². The minimum absolute atomic E-state index is 0.0168. The second-order valence-corrected chi connectivity index (χ2v) is 6.43. The second-order valence-electron chi connectivity index (χ2n) is 5.13. The van der Waals surface area contributed by atoms with Crippen LogP contribution in [0.4, 0.5) is 0 Å². The Hall–Kier alpha value is -1.94. The standard InChI is InChI=1S/C16H14ClN3O2S/c17-11-5-2-1-4-10(11)12(8-18)19-15(21)13-9-23-16(20-13)14-6-3-7-22-14/h1-2,4-5,9,12,14H,3,6-7H2,(H,19,21)/t12-,14+/m0/s1. The van der Waals surface area contributed by atoms with Gasteiger partial charge < -0.3 is 10.1 Å². The predicted octanol–water partition coefficient (Wildman–Crippen LogP) is 3.64. The van der Waals surface area contributed by atoms with Crippen LogP contribution in [0.5, 0.6) is 0 Å². The van der Waals surface area contributed by atoms with Crippen LogP contribution in [0.2, 0.25) is 5.02 Å². The first kappa shape index (κ1) is 15.9. The van der Waals surface area contributed by atoms with E-state index in [1.165, 1.54) is 11.3 Å². The van der Waals surface area contributed by atoms with Crippen molar-refractivity contribution in [1.29, 1.82) is 5.26 Å². The van der Waals surface area contributed by atoms with Gasteiger partial charge in [0, 0.05) is 22.6 Å². The molecule has 2 heterocycles. The van der Waals surface area contributed by atoms with E-state index >= 15 is 0 Å². The number of aromatic nitrogens is 1. The predicted molar refractivity (Wildman–Crippen MR) is 87.3 cm³/mol. The van der Waals surface area contributed by atoms with Crippen LogP contribution < -0.4 is 5.32 Å². The number of carbonyl (C=O) groups excluding carboxylic acids is 1. The zero-order chi connectivity index (χ0) is 16.2. The number of nitriles is 1. The fourth-order valence-electron chi connectivity index (χ4n) is 2.41. The molecule has 118 valence electrons. The van der Waals surface area contributed by atoms with E-state index < -0.39 is 11.9 Å². The van der Waals surface area contributed by atoms with Crippen LogP contribution in [-0.2, 0) is 4.74 Å². The Labute approximate surface area is 142 Å². The van der Waals surface area contributed by atoms with Crippen LogP contribution in [0, 0.1) is 11.3 Å². The fraction of sp³-hybridized carbons (Fsp3) is 0.312. The molecule has 3 rings (SSSR count). The van der Waals surface area contributed by atoms with Crippen molar-refractivity contribution in [2.45, 2.75) is 25.0 Å². The summed E-state index contributed by atoms with van der Waals surface area (Å²) >= 11 is 7.49. The highest BCUT2D eigenvalue weighted by atomic mass is 35.5. The molecule has 1 fully saturated rings. The number of nitrogens with one attached hydrogen (secondary N) is 1. The van der Waals surface area contributed by atoms with Gasteiger partial charge in [-0.2, -0.15) is 5.26 Å². The topological polar surface area (TPSA) is 75.0 Å². The van der Waals surface area contributed by atoms with Gasteiger partial charge in [-0.25, -0.2) is 4.98 Å². The summed E-state index contributed by atoms with van der Waals surface area (Å²) in [6.07, 6.45) is 1.92. The Balaban J connectivity index is 1.73. The molecule has 1 N–H and O–H groups in total. The molecular formula is C16H14ClN3O2S. The smallest absolute Gasteiger partial charge is 0.272 e. The molecule has 0 saturated carbocycles. The Kier molecular flexibility index (Phi) is 4.91. The van der Waals surface area contributed by atoms with Gasteiger partial charge in [-0.15, -0.1) is 11.3 Å². The summed E-state index contributed by atoms with van der Waals surface area (Å²) in [5, 5.41) is 14.9. The van der Waals surface area contributed by atoms with Crippen molar-refractivity contribution in [2.75, 3.05) is 6.61 Å². The molecule has 23 heavy (non-hydrogen) atoms. The van der Waals surface area contributed by atoms with Crippen molar-refractivity contribution in [2.24, 2.45) is 0 Å². The highest BCUT2D eigenvalue weighted by molar-refractivity contribution is 7.09. The maximum absolute atomic E-state index is 12.3. The zero-order valence-electron chi connectivity index (χ0n) is 12.2. The molecule has 0 spiro atoms. The van der Waals surface area contributed by atoms with Gasteiger partial charge in [-0.1, -0.05) is 29.8 Å². The second kappa shape index (κ2) is 7.09. The van der Waals surface area contributed by atoms with E-state index in [0.29, 0.717) is 16.3 Å². The van der Waals surface area contributed by atoms with Crippen molar-refractivity contribution < 1.29 is 9.53 Å². The molecule has 1 aromatic carbocycles. The van der Waals surface area contributed by atoms with Gasteiger partial charge in [0.05, 0.1) is 6.07 Å². The van der Waals surface area contributed by atoms with E-state index in [2.05, 4.69) is 16.4 Å². The van der Waals surface area contributed by atoms with Crippen LogP contribution in [0.3, 0.4) is 0 Å². The number of ether oxygens (including phenoxy) is 1. The first-order valence-corrected chi connectivity index (χ1v) is 8.46. The minimum atomic E-state index is -0.816. The zero-order valence-corrected chi connectivity index (χ0v) is 13.7. The monoisotopic (exact) mass is 347 g/mol. The quantitative estimate of drug-likeness (QED) is 0.916. The van der Waals surface area contributed by atoms with E-state index in [1.54, 1.807) is 29.6 Å². The number of rotatable bonds is 4. The molecule has 7 heteroatoms. The Bertz CT molecular complexity index is 750. The third-order valence-corrected chi connectivity index (χ3v) is 4.86. The maximum atomic E-state index is 12.3. The number of halogens is 1. The van der Waals surface area contributed by atoms with Gasteiger partial charge in [0.2, 0.25) is 0 Å². The maximum Gasteiger partial charge on any atom is 0.272 e. The number of amides is 1. The van der Waals surface area contributed by atoms with Gasteiger partial charge in [0.15, 0.2) is 0 Å². The van der Waals surface area contributed by atoms with E-state index in [4.69, 9.17) is 16.3 Å². The molecule has 1 aliphatic rings. The van der Waals surface area contributed by atoms with Crippen LogP contribution in [0.15, 0.2) is 29.6 Å². The molecule has 1 aliphatic heterocycles. The van der Waals surface area contributed by atoms with E-state index in [0.717, 1.165) is 24.5 Å². The molecular weight excluding hydrogens is 334 g/mol. The minimum Gasteiger partial charge on any atom is -0.371 e. The van der Waals surface area contributed by atoms with E-state index in [1.807, 2.05) is 0 Å². The fourth-order valence-corrected chi connectivity index (χ4v) is 3.53. The van der Waals surface area contributed by atoms with Crippen LogP contribution in [0.1, 0.15) is 46.0 Å². The third kappa shape index (κ3) is 3.53. The summed E-state index contributed by atoms with van der Waals surface area (Å²) in [7, 11) is 0. The lowest BCUT2D eigenvalue weighted by Gasteiger charge is -2.12. The molecule has 2 aromatic rings. The number of hydrogen-bond donors (Lipinski definition) is 1. The van der Waals surface area contributed by atoms with Crippen molar-refractivity contribution in [1.82, 2.24) is 10.3 Å². The molecule has 0 unspecified atom stereocenters. The van der Waals surface area contributed by atoms with E-state index in [9.17, 15) is 10.1 Å². The number of benzene rings is 1. The van der Waals surface area contributed by atoms with Crippen molar-refractivity contribution >= 4 is 28.8 Å². The molecule has 1 amide bonds. The normalized spacial score (nSPS) is 18.3. The van der Waals surface area contributed by atoms with Crippen molar-refractivity contribution in [3.8, 4) is 6.07 Å². The number of carbonyl (C=O) groups is 1. The van der Waals surface area contributed by atoms with Gasteiger partial charge in [-0.05, 0) is 18.9 Å². The highest BCUT2D eigenvalue weighted by Gasteiger charge is 2.24. The number of nitrogens with zero attached hydrogens (tertiary/aromatic N) is 2. The molecule has 0 bridgehead atoms. The van der Waals surface area contributed by atoms with Gasteiger partial charge in [0.1, 0.15) is 22.8 Å². The van der Waals surface area contributed by atoms with Crippen LogP contribution in [0.25, 0.3) is 0 Å². The van der Waals surface area contributed by atoms with E-state index in [-0.39, 0.29) is 6.10 Å². The van der Waals surface area contributed by atoms with Crippen LogP contribution >= 0.6 is 22.9 Å². The summed E-state index contributed by atoms with van der Waals surface area (Å²) in [5.74, 6) is -0.392. The molecule has 0 aliphatic carbocycles. The molecule has 5 nitrogen and oxygen atoms in total. The Morgan fingerprint density at radius 3 is 3.04 bits per heavy atom. The van der Waals surface area contributed by atoms with Crippen LogP contribution in [-0.4, -0.2) is 17.5 Å². The molecule has 0 radical (unpaired) electrons. The highest BCUT2D eigenvalue weighted by Crippen LogP contribution is 2.30. The lowest BCUT2D eigenvalue weighted by atomic mass is 10.1.